The fourth-order valence-electron chi connectivity index (χ4n) is 10.2. The van der Waals surface area contributed by atoms with Gasteiger partial charge in [0.05, 0.1) is 16.7 Å². The van der Waals surface area contributed by atoms with Crippen LogP contribution in [0.4, 0.5) is 17.1 Å². The van der Waals surface area contributed by atoms with Gasteiger partial charge in [-0.25, -0.2) is 0 Å². The van der Waals surface area contributed by atoms with Crippen LogP contribution >= 0.6 is 0 Å². The molecule has 314 valence electrons. The minimum absolute atomic E-state index is 0.874. The average molecular weight is 855 g/mol. The second-order valence-corrected chi connectivity index (χ2v) is 17.3. The summed E-state index contributed by atoms with van der Waals surface area (Å²) < 4.78 is 8.98. The first-order chi connectivity index (χ1) is 33.2. The van der Waals surface area contributed by atoms with Crippen molar-refractivity contribution in [1.82, 2.24) is 4.57 Å². The molecule has 0 saturated carbocycles. The Labute approximate surface area is 388 Å². The van der Waals surface area contributed by atoms with Crippen LogP contribution in [0.15, 0.2) is 259 Å². The highest BCUT2D eigenvalue weighted by Crippen LogP contribution is 2.46. The second-order valence-electron chi connectivity index (χ2n) is 17.3. The molecule has 0 N–H and O–H groups in total. The normalized spacial score (nSPS) is 11.6. The summed E-state index contributed by atoms with van der Waals surface area (Å²) in [6, 6.07) is 91.9. The van der Waals surface area contributed by atoms with Gasteiger partial charge < -0.3 is 13.9 Å². The van der Waals surface area contributed by atoms with E-state index in [-0.39, 0.29) is 0 Å². The van der Waals surface area contributed by atoms with Gasteiger partial charge in [0.1, 0.15) is 11.2 Å². The first-order valence-electron chi connectivity index (χ1n) is 22.9. The van der Waals surface area contributed by atoms with Crippen molar-refractivity contribution < 1.29 is 4.42 Å². The van der Waals surface area contributed by atoms with Gasteiger partial charge in [-0.3, -0.25) is 0 Å². The minimum atomic E-state index is 0.874. The maximum Gasteiger partial charge on any atom is 0.136 e. The Bertz CT molecular complexity index is 3920. The summed E-state index contributed by atoms with van der Waals surface area (Å²) >= 11 is 0. The third-order valence-electron chi connectivity index (χ3n) is 13.4. The number of para-hydroxylation sites is 3. The van der Waals surface area contributed by atoms with Gasteiger partial charge in [0.25, 0.3) is 0 Å². The van der Waals surface area contributed by atoms with E-state index in [4.69, 9.17) is 4.42 Å². The second kappa shape index (κ2) is 16.0. The predicted octanol–water partition coefficient (Wildman–Crippen LogP) is 18.0. The van der Waals surface area contributed by atoms with E-state index in [0.717, 1.165) is 72.5 Å². The molecule has 0 fully saturated rings. The molecule has 0 aliphatic carbocycles. The van der Waals surface area contributed by atoms with Crippen molar-refractivity contribution in [3.05, 3.63) is 255 Å². The molecule has 11 aromatic carbocycles. The molecule has 3 heteroatoms. The van der Waals surface area contributed by atoms with Crippen LogP contribution in [0.5, 0.6) is 0 Å². The fourth-order valence-corrected chi connectivity index (χ4v) is 10.2. The molecule has 13 aromatic rings. The molecule has 0 radical (unpaired) electrons. The first kappa shape index (κ1) is 38.5. The molecule has 0 aliphatic heterocycles. The molecule has 0 unspecified atom stereocenters. The Morgan fingerprint density at radius 1 is 0.313 bits per heavy atom. The Balaban J connectivity index is 0.940. The molecule has 0 bridgehead atoms. The number of nitrogens with zero attached hydrogens (tertiary/aromatic N) is 2. The monoisotopic (exact) mass is 854 g/mol. The average Bonchev–Trinajstić information content (AvgIpc) is 3.94. The number of fused-ring (bicyclic) bond motifs is 7. The zero-order valence-corrected chi connectivity index (χ0v) is 36.6. The van der Waals surface area contributed by atoms with Crippen molar-refractivity contribution in [1.29, 1.82) is 0 Å². The molecule has 0 amide bonds. The van der Waals surface area contributed by atoms with Crippen LogP contribution in [-0.4, -0.2) is 4.57 Å². The van der Waals surface area contributed by atoms with E-state index in [0.29, 0.717) is 0 Å². The quantitative estimate of drug-likeness (QED) is 0.152. The van der Waals surface area contributed by atoms with Crippen molar-refractivity contribution in [2.75, 3.05) is 4.90 Å². The maximum absolute atomic E-state index is 6.60. The van der Waals surface area contributed by atoms with Gasteiger partial charge in [0.15, 0.2) is 0 Å². The van der Waals surface area contributed by atoms with Gasteiger partial charge in [-0.2, -0.15) is 0 Å². The molecule has 2 aromatic heterocycles. The summed E-state index contributed by atoms with van der Waals surface area (Å²) in [6.45, 7) is 0. The summed E-state index contributed by atoms with van der Waals surface area (Å²) in [7, 11) is 0. The van der Waals surface area contributed by atoms with Gasteiger partial charge >= 0.3 is 0 Å². The number of hydrogen-bond acceptors (Lipinski definition) is 2. The van der Waals surface area contributed by atoms with E-state index in [9.17, 15) is 0 Å². The fraction of sp³-hybridized carbons (Fsp3) is 0. The van der Waals surface area contributed by atoms with Crippen LogP contribution in [0.3, 0.4) is 0 Å². The largest absolute Gasteiger partial charge is 0.456 e. The van der Waals surface area contributed by atoms with Crippen molar-refractivity contribution in [3.63, 3.8) is 0 Å². The lowest BCUT2D eigenvalue weighted by atomic mass is 9.95. The van der Waals surface area contributed by atoms with Gasteiger partial charge in [0, 0.05) is 44.2 Å². The van der Waals surface area contributed by atoms with Gasteiger partial charge in [-0.05, 0) is 129 Å². The molecular formula is C64H42N2O. The van der Waals surface area contributed by atoms with E-state index >= 15 is 0 Å². The van der Waals surface area contributed by atoms with E-state index in [1.807, 2.05) is 0 Å². The number of aromatic nitrogens is 1. The highest BCUT2D eigenvalue weighted by atomic mass is 16.3. The molecule has 0 atom stereocenters. The number of hydrogen-bond donors (Lipinski definition) is 0. The van der Waals surface area contributed by atoms with E-state index in [2.05, 4.69) is 264 Å². The summed E-state index contributed by atoms with van der Waals surface area (Å²) in [4.78, 5) is 2.40. The van der Waals surface area contributed by atoms with Crippen molar-refractivity contribution in [2.45, 2.75) is 0 Å². The smallest absolute Gasteiger partial charge is 0.136 e. The number of benzene rings is 11. The van der Waals surface area contributed by atoms with Gasteiger partial charge in [0.2, 0.25) is 0 Å². The number of furan rings is 1. The van der Waals surface area contributed by atoms with Crippen LogP contribution in [0.25, 0.3) is 105 Å². The zero-order chi connectivity index (χ0) is 44.3. The molecule has 0 spiro atoms. The topological polar surface area (TPSA) is 21.3 Å². The van der Waals surface area contributed by atoms with Gasteiger partial charge in [-0.15, -0.1) is 0 Å². The van der Waals surface area contributed by atoms with E-state index in [1.165, 1.54) is 49.3 Å². The van der Waals surface area contributed by atoms with Crippen LogP contribution in [0.2, 0.25) is 0 Å². The SMILES string of the molecule is c1ccc(-c2cccc(-c3ccc(N(c4ccc(-c5cccc(-n6c7ccccc7c7ccccc76)c5)cc4)c4ccccc4-c4cccc5oc6cc7ccccc7cc6c45)cc3)c2)cc1. The Hall–Kier alpha value is -8.92. The highest BCUT2D eigenvalue weighted by Gasteiger charge is 2.21. The lowest BCUT2D eigenvalue weighted by molar-refractivity contribution is 0.669. The standard InChI is InChI=1S/C64H42N2O/c1-2-15-43(16-3-1)46-19-12-20-47(39-46)44-31-35-51(36-32-44)65(59-27-9-8-25-56(59)57-26-14-30-62-64(57)58-41-49-17-4-5-18-50(49)42-63(58)67-62)52-37-33-45(34-38-52)48-21-13-22-53(40-48)66-60-28-10-6-23-54(60)55-24-7-11-29-61(55)66/h1-42H. The van der Waals surface area contributed by atoms with Crippen molar-refractivity contribution in [3.8, 4) is 50.2 Å². The Morgan fingerprint density at radius 2 is 0.821 bits per heavy atom. The molecule has 3 nitrogen and oxygen atoms in total. The molecule has 0 aliphatic rings. The summed E-state index contributed by atoms with van der Waals surface area (Å²) in [5, 5.41) is 7.10. The lowest BCUT2D eigenvalue weighted by Gasteiger charge is -2.28. The predicted molar refractivity (Wildman–Crippen MR) is 282 cm³/mol. The third kappa shape index (κ3) is 6.67. The Morgan fingerprint density at radius 3 is 1.51 bits per heavy atom. The lowest BCUT2D eigenvalue weighted by Crippen LogP contribution is -2.11. The van der Waals surface area contributed by atoms with Gasteiger partial charge in [-0.1, -0.05) is 176 Å². The number of rotatable bonds is 8. The zero-order valence-electron chi connectivity index (χ0n) is 36.6. The Kier molecular flexibility index (Phi) is 9.17. The van der Waals surface area contributed by atoms with Crippen LogP contribution < -0.4 is 4.90 Å². The summed E-state index contributed by atoms with van der Waals surface area (Å²) in [5.41, 5.74) is 17.8. The highest BCUT2D eigenvalue weighted by molar-refractivity contribution is 6.17. The van der Waals surface area contributed by atoms with Crippen molar-refractivity contribution in [2.24, 2.45) is 0 Å². The summed E-state index contributed by atoms with van der Waals surface area (Å²) in [6.07, 6.45) is 0. The molecule has 2 heterocycles. The molecular weight excluding hydrogens is 813 g/mol. The summed E-state index contributed by atoms with van der Waals surface area (Å²) in [5.74, 6) is 0. The third-order valence-corrected chi connectivity index (χ3v) is 13.4. The van der Waals surface area contributed by atoms with E-state index < -0.39 is 0 Å². The molecule has 67 heavy (non-hydrogen) atoms. The van der Waals surface area contributed by atoms with Crippen molar-refractivity contribution >= 4 is 71.6 Å². The van der Waals surface area contributed by atoms with Crippen LogP contribution in [-0.2, 0) is 0 Å². The van der Waals surface area contributed by atoms with Crippen LogP contribution in [0, 0.1) is 0 Å². The number of anilines is 3. The van der Waals surface area contributed by atoms with Crippen LogP contribution in [0.1, 0.15) is 0 Å². The molecule has 13 rings (SSSR count). The molecule has 0 saturated heterocycles. The minimum Gasteiger partial charge on any atom is -0.456 e. The first-order valence-corrected chi connectivity index (χ1v) is 22.9. The van der Waals surface area contributed by atoms with E-state index in [1.54, 1.807) is 0 Å². The maximum atomic E-state index is 6.60.